The van der Waals surface area contributed by atoms with Crippen molar-refractivity contribution in [2.45, 2.75) is 19.9 Å². The standard InChI is InChI=1S/C15H16N2O.C14H16N2O3/c1-17-14(11-5-3-2-4-6-11)12-7-9-13(10-8-12)15(16)18;1-8(2)11(12(17)13(18)15-3)14-16-9-6-4-5-7-10(9)19-14/h2-10,14,17H,1H3,(H2,16,18);4-8,17H,1-3H3,(H,15,18)/b;12-11-. The number of benzene rings is 3. The summed E-state index contributed by atoms with van der Waals surface area (Å²) in [5.41, 5.74) is 9.77. The van der Waals surface area contributed by atoms with Crippen molar-refractivity contribution in [1.82, 2.24) is 15.6 Å². The molecular formula is C29H32N4O4. The van der Waals surface area contributed by atoms with Gasteiger partial charge in [0, 0.05) is 12.6 Å². The first-order chi connectivity index (χ1) is 17.8. The number of primary amides is 1. The van der Waals surface area contributed by atoms with Crippen molar-refractivity contribution < 1.29 is 19.1 Å². The van der Waals surface area contributed by atoms with E-state index in [9.17, 15) is 14.7 Å². The number of oxazole rings is 1. The number of carbonyl (C=O) groups is 2. The van der Waals surface area contributed by atoms with Gasteiger partial charge in [-0.15, -0.1) is 0 Å². The molecule has 8 heteroatoms. The number of likely N-dealkylation sites (N-methyl/N-ethyl adjacent to an activating group) is 1. The molecule has 0 bridgehead atoms. The maximum absolute atomic E-state index is 11.6. The van der Waals surface area contributed by atoms with Gasteiger partial charge in [-0.1, -0.05) is 68.4 Å². The minimum Gasteiger partial charge on any atom is -0.503 e. The van der Waals surface area contributed by atoms with Gasteiger partial charge in [0.1, 0.15) is 5.52 Å². The first-order valence-electron chi connectivity index (χ1n) is 11.9. The second-order valence-electron chi connectivity index (χ2n) is 8.60. The highest BCUT2D eigenvalue weighted by Crippen LogP contribution is 2.28. The lowest BCUT2D eigenvalue weighted by molar-refractivity contribution is -0.119. The second-order valence-corrected chi connectivity index (χ2v) is 8.60. The summed E-state index contributed by atoms with van der Waals surface area (Å²) in [6.07, 6.45) is 0. The number of hydrogen-bond donors (Lipinski definition) is 4. The maximum Gasteiger partial charge on any atom is 0.286 e. The molecule has 8 nitrogen and oxygen atoms in total. The largest absolute Gasteiger partial charge is 0.503 e. The highest BCUT2D eigenvalue weighted by molar-refractivity contribution is 5.98. The third-order valence-corrected chi connectivity index (χ3v) is 5.75. The molecule has 0 aliphatic rings. The van der Waals surface area contributed by atoms with Gasteiger partial charge in [-0.05, 0) is 48.4 Å². The summed E-state index contributed by atoms with van der Waals surface area (Å²) in [5, 5.41) is 15.6. The number of para-hydroxylation sites is 2. The van der Waals surface area contributed by atoms with E-state index in [0.717, 1.165) is 5.56 Å². The van der Waals surface area contributed by atoms with Crippen molar-refractivity contribution in [2.75, 3.05) is 14.1 Å². The van der Waals surface area contributed by atoms with Crippen molar-refractivity contribution >= 4 is 28.5 Å². The fourth-order valence-corrected chi connectivity index (χ4v) is 3.86. The van der Waals surface area contributed by atoms with Crippen molar-refractivity contribution in [1.29, 1.82) is 0 Å². The van der Waals surface area contributed by atoms with Crippen LogP contribution in [0.4, 0.5) is 0 Å². The van der Waals surface area contributed by atoms with E-state index in [0.29, 0.717) is 22.2 Å². The fourth-order valence-electron chi connectivity index (χ4n) is 3.86. The van der Waals surface area contributed by atoms with Crippen LogP contribution in [0.2, 0.25) is 0 Å². The summed E-state index contributed by atoms with van der Waals surface area (Å²) in [6.45, 7) is 3.73. The monoisotopic (exact) mass is 500 g/mol. The Morgan fingerprint density at radius 3 is 2.03 bits per heavy atom. The van der Waals surface area contributed by atoms with E-state index in [2.05, 4.69) is 27.8 Å². The molecule has 1 heterocycles. The fraction of sp³-hybridized carbons (Fsp3) is 0.207. The number of aromatic nitrogens is 1. The number of carbonyl (C=O) groups excluding carboxylic acids is 2. The molecule has 0 saturated carbocycles. The Hall–Kier alpha value is -4.43. The lowest BCUT2D eigenvalue weighted by Crippen LogP contribution is -2.22. The molecule has 0 radical (unpaired) electrons. The highest BCUT2D eigenvalue weighted by Gasteiger charge is 2.22. The van der Waals surface area contributed by atoms with Gasteiger partial charge >= 0.3 is 0 Å². The summed E-state index contributed by atoms with van der Waals surface area (Å²) in [7, 11) is 3.38. The molecule has 0 aliphatic carbocycles. The van der Waals surface area contributed by atoms with Gasteiger partial charge in [-0.3, -0.25) is 9.59 Å². The number of nitrogens with one attached hydrogen (secondary N) is 2. The van der Waals surface area contributed by atoms with E-state index in [1.807, 2.05) is 69.4 Å². The normalized spacial score (nSPS) is 12.4. The van der Waals surface area contributed by atoms with Gasteiger partial charge in [-0.25, -0.2) is 4.98 Å². The van der Waals surface area contributed by atoms with E-state index in [4.69, 9.17) is 10.2 Å². The molecule has 1 atom stereocenters. The minimum atomic E-state index is -0.550. The summed E-state index contributed by atoms with van der Waals surface area (Å²) in [4.78, 5) is 26.9. The molecule has 3 aromatic carbocycles. The second kappa shape index (κ2) is 12.5. The Labute approximate surface area is 216 Å². The summed E-state index contributed by atoms with van der Waals surface area (Å²) < 4.78 is 5.60. The molecule has 1 aromatic heterocycles. The van der Waals surface area contributed by atoms with Crippen LogP contribution in [0.3, 0.4) is 0 Å². The number of nitrogens with two attached hydrogens (primary N) is 1. The van der Waals surface area contributed by atoms with Gasteiger partial charge in [0.05, 0.1) is 11.6 Å². The maximum atomic E-state index is 11.6. The van der Waals surface area contributed by atoms with Crippen LogP contribution in [-0.2, 0) is 4.79 Å². The average Bonchev–Trinajstić information content (AvgIpc) is 3.33. The molecule has 4 aromatic rings. The average molecular weight is 501 g/mol. The van der Waals surface area contributed by atoms with Crippen LogP contribution in [0.25, 0.3) is 16.7 Å². The van der Waals surface area contributed by atoms with Crippen molar-refractivity contribution in [3.8, 4) is 0 Å². The zero-order valence-electron chi connectivity index (χ0n) is 21.4. The van der Waals surface area contributed by atoms with E-state index >= 15 is 0 Å². The van der Waals surface area contributed by atoms with E-state index in [1.165, 1.54) is 12.6 Å². The predicted octanol–water partition coefficient (Wildman–Crippen LogP) is 4.59. The smallest absolute Gasteiger partial charge is 0.286 e. The lowest BCUT2D eigenvalue weighted by atomic mass is 9.98. The molecule has 37 heavy (non-hydrogen) atoms. The molecule has 1 unspecified atom stereocenters. The molecule has 0 fully saturated rings. The molecule has 4 rings (SSSR count). The number of fused-ring (bicyclic) bond motifs is 1. The zero-order chi connectivity index (χ0) is 26.9. The Balaban J connectivity index is 0.000000206. The first kappa shape index (κ1) is 27.2. The van der Waals surface area contributed by atoms with Crippen LogP contribution in [0.15, 0.2) is 89.0 Å². The van der Waals surface area contributed by atoms with E-state index in [-0.39, 0.29) is 23.6 Å². The van der Waals surface area contributed by atoms with Gasteiger partial charge in [0.15, 0.2) is 11.3 Å². The summed E-state index contributed by atoms with van der Waals surface area (Å²) >= 11 is 0. The summed E-state index contributed by atoms with van der Waals surface area (Å²) in [6, 6.07) is 24.9. The number of allylic oxidation sites excluding steroid dienone is 1. The Morgan fingerprint density at radius 1 is 0.892 bits per heavy atom. The zero-order valence-corrected chi connectivity index (χ0v) is 21.4. The van der Waals surface area contributed by atoms with Crippen LogP contribution in [0, 0.1) is 5.92 Å². The Kier molecular flexibility index (Phi) is 9.18. The lowest BCUT2D eigenvalue weighted by Gasteiger charge is -2.17. The van der Waals surface area contributed by atoms with Gasteiger partial charge in [0.2, 0.25) is 11.8 Å². The topological polar surface area (TPSA) is 130 Å². The molecule has 5 N–H and O–H groups in total. The van der Waals surface area contributed by atoms with E-state index in [1.54, 1.807) is 18.2 Å². The molecule has 0 aliphatic heterocycles. The number of nitrogens with zero attached hydrogens (tertiary/aromatic N) is 1. The Bertz CT molecular complexity index is 1340. The molecule has 0 spiro atoms. The molecule has 0 saturated heterocycles. The number of hydrogen-bond acceptors (Lipinski definition) is 6. The Morgan fingerprint density at radius 2 is 1.49 bits per heavy atom. The minimum absolute atomic E-state index is 0.0923. The number of amides is 2. The molecule has 2 amide bonds. The van der Waals surface area contributed by atoms with Crippen LogP contribution in [0.5, 0.6) is 0 Å². The van der Waals surface area contributed by atoms with Gasteiger partial charge < -0.3 is 25.9 Å². The first-order valence-corrected chi connectivity index (χ1v) is 11.9. The van der Waals surface area contributed by atoms with Crippen molar-refractivity contribution in [2.24, 2.45) is 11.7 Å². The SMILES string of the molecule is CNC(=O)/C(O)=C(/c1nc2ccccc2o1)C(C)C.CNC(c1ccccc1)c1ccc(C(N)=O)cc1. The van der Waals surface area contributed by atoms with E-state index < -0.39 is 11.8 Å². The van der Waals surface area contributed by atoms with Crippen LogP contribution >= 0.6 is 0 Å². The summed E-state index contributed by atoms with van der Waals surface area (Å²) in [5.74, 6) is -1.13. The van der Waals surface area contributed by atoms with Crippen LogP contribution in [-0.4, -0.2) is 36.0 Å². The number of aliphatic hydroxyl groups excluding tert-OH is 1. The van der Waals surface area contributed by atoms with Crippen molar-refractivity contribution in [3.05, 3.63) is 107 Å². The van der Waals surface area contributed by atoms with Crippen LogP contribution in [0.1, 0.15) is 47.3 Å². The molecular weight excluding hydrogens is 468 g/mol. The van der Waals surface area contributed by atoms with Crippen LogP contribution < -0.4 is 16.4 Å². The molecule has 192 valence electrons. The third kappa shape index (κ3) is 6.62. The van der Waals surface area contributed by atoms with Gasteiger partial charge in [0.25, 0.3) is 5.91 Å². The van der Waals surface area contributed by atoms with Gasteiger partial charge in [-0.2, -0.15) is 0 Å². The number of rotatable bonds is 7. The quantitative estimate of drug-likeness (QED) is 0.217. The predicted molar refractivity (Wildman–Crippen MR) is 145 cm³/mol. The number of aliphatic hydroxyl groups is 1. The third-order valence-electron chi connectivity index (χ3n) is 5.75. The van der Waals surface area contributed by atoms with Crippen molar-refractivity contribution in [3.63, 3.8) is 0 Å². The highest BCUT2D eigenvalue weighted by atomic mass is 16.4.